The van der Waals surface area contributed by atoms with E-state index in [1.54, 1.807) is 36.4 Å². The maximum atomic E-state index is 12.5. The molecule has 3 N–H and O–H groups in total. The number of thiocarbonyl (C=S) groups is 1. The Morgan fingerprint density at radius 2 is 1.58 bits per heavy atom. The molecule has 0 fully saturated rings. The van der Waals surface area contributed by atoms with Crippen LogP contribution < -0.4 is 20.7 Å². The highest BCUT2D eigenvalue weighted by Gasteiger charge is 2.14. The van der Waals surface area contributed by atoms with Gasteiger partial charge in [0.1, 0.15) is 5.75 Å². The van der Waals surface area contributed by atoms with Gasteiger partial charge in [-0.2, -0.15) is 0 Å². The number of halogens is 1. The van der Waals surface area contributed by atoms with Gasteiger partial charge >= 0.3 is 0 Å². The normalized spacial score (nSPS) is 10.1. The van der Waals surface area contributed by atoms with Gasteiger partial charge in [0.05, 0.1) is 19.1 Å². The first-order valence-electron chi connectivity index (χ1n) is 9.34. The number of nitrogens with one attached hydrogen (secondary N) is 3. The van der Waals surface area contributed by atoms with Gasteiger partial charge in [0.25, 0.3) is 5.91 Å². The molecular weight excluding hydrogens is 434 g/mol. The second kappa shape index (κ2) is 10.6. The zero-order chi connectivity index (χ0) is 22.2. The fraction of sp³-hybridized carbons (Fsp3) is 0.0870. The van der Waals surface area contributed by atoms with Gasteiger partial charge in [-0.3, -0.25) is 14.9 Å². The summed E-state index contributed by atoms with van der Waals surface area (Å²) in [5, 5.41) is 8.90. The smallest absolute Gasteiger partial charge is 0.261 e. The predicted octanol–water partition coefficient (Wildman–Crippen LogP) is 4.66. The van der Waals surface area contributed by atoms with Crippen LogP contribution in [0.5, 0.6) is 5.75 Å². The average Bonchev–Trinajstić information content (AvgIpc) is 2.75. The standard InChI is InChI=1S/C23H20ClN3O3S/c1-30-20-12-7-16(24)14-19(20)22(29)27-23(31)26-18-10-8-17(9-11-18)25-21(28)13-15-5-3-2-4-6-15/h2-12,14H,13H2,1H3,(H,25,28)(H2,26,27,29,31). The number of amides is 2. The first-order valence-corrected chi connectivity index (χ1v) is 10.1. The van der Waals surface area contributed by atoms with Crippen molar-refractivity contribution in [2.24, 2.45) is 0 Å². The fourth-order valence-electron chi connectivity index (χ4n) is 2.81. The third-order valence-electron chi connectivity index (χ3n) is 4.27. The third kappa shape index (κ3) is 6.53. The van der Waals surface area contributed by atoms with Crippen molar-refractivity contribution < 1.29 is 14.3 Å². The second-order valence-corrected chi connectivity index (χ2v) is 7.39. The highest BCUT2D eigenvalue weighted by atomic mass is 35.5. The van der Waals surface area contributed by atoms with E-state index in [1.165, 1.54) is 13.2 Å². The summed E-state index contributed by atoms with van der Waals surface area (Å²) in [6.07, 6.45) is 0.296. The van der Waals surface area contributed by atoms with Crippen molar-refractivity contribution in [2.75, 3.05) is 17.7 Å². The SMILES string of the molecule is COc1ccc(Cl)cc1C(=O)NC(=S)Nc1ccc(NC(=O)Cc2ccccc2)cc1. The van der Waals surface area contributed by atoms with Crippen molar-refractivity contribution in [3.63, 3.8) is 0 Å². The Labute approximate surface area is 190 Å². The Morgan fingerprint density at radius 1 is 0.935 bits per heavy atom. The van der Waals surface area contributed by atoms with Crippen LogP contribution in [0.4, 0.5) is 11.4 Å². The topological polar surface area (TPSA) is 79.5 Å². The Hall–Kier alpha value is -3.42. The molecule has 0 aromatic heterocycles. The number of hydrogen-bond acceptors (Lipinski definition) is 4. The Kier molecular flexibility index (Phi) is 7.59. The van der Waals surface area contributed by atoms with Crippen LogP contribution in [0, 0.1) is 0 Å². The minimum Gasteiger partial charge on any atom is -0.496 e. The van der Waals surface area contributed by atoms with E-state index in [2.05, 4.69) is 16.0 Å². The van der Waals surface area contributed by atoms with Gasteiger partial charge in [0, 0.05) is 16.4 Å². The molecule has 3 rings (SSSR count). The Morgan fingerprint density at radius 3 is 2.23 bits per heavy atom. The van der Waals surface area contributed by atoms with E-state index in [-0.39, 0.29) is 16.6 Å². The molecule has 0 aliphatic heterocycles. The van der Waals surface area contributed by atoms with Gasteiger partial charge in [-0.15, -0.1) is 0 Å². The number of anilines is 2. The monoisotopic (exact) mass is 453 g/mol. The molecule has 0 saturated carbocycles. The van der Waals surface area contributed by atoms with E-state index in [0.29, 0.717) is 28.6 Å². The van der Waals surface area contributed by atoms with Crippen molar-refractivity contribution in [3.05, 3.63) is 88.9 Å². The van der Waals surface area contributed by atoms with Gasteiger partial charge < -0.3 is 15.4 Å². The number of rotatable bonds is 6. The lowest BCUT2D eigenvalue weighted by Crippen LogP contribution is -2.34. The number of hydrogen-bond donors (Lipinski definition) is 3. The number of benzene rings is 3. The summed E-state index contributed by atoms with van der Waals surface area (Å²) in [4.78, 5) is 24.6. The lowest BCUT2D eigenvalue weighted by molar-refractivity contribution is -0.115. The largest absolute Gasteiger partial charge is 0.496 e. The first-order chi connectivity index (χ1) is 14.9. The summed E-state index contributed by atoms with van der Waals surface area (Å²) < 4.78 is 5.19. The van der Waals surface area contributed by atoms with E-state index in [0.717, 1.165) is 5.56 Å². The Balaban J connectivity index is 1.54. The zero-order valence-electron chi connectivity index (χ0n) is 16.6. The predicted molar refractivity (Wildman–Crippen MR) is 127 cm³/mol. The molecule has 2 amide bonds. The van der Waals surface area contributed by atoms with Gasteiger partial charge in [-0.1, -0.05) is 41.9 Å². The van der Waals surface area contributed by atoms with Gasteiger partial charge in [0.2, 0.25) is 5.91 Å². The Bertz CT molecular complexity index is 1090. The van der Waals surface area contributed by atoms with Crippen LogP contribution in [0.2, 0.25) is 5.02 Å². The molecule has 0 radical (unpaired) electrons. The first kappa shape index (κ1) is 22.3. The highest BCUT2D eigenvalue weighted by Crippen LogP contribution is 2.22. The third-order valence-corrected chi connectivity index (χ3v) is 4.71. The number of ether oxygens (including phenoxy) is 1. The molecule has 3 aromatic carbocycles. The van der Waals surface area contributed by atoms with Gasteiger partial charge in [-0.05, 0) is 60.2 Å². The molecule has 0 unspecified atom stereocenters. The second-order valence-electron chi connectivity index (χ2n) is 6.54. The minimum absolute atomic E-state index is 0.106. The average molecular weight is 454 g/mol. The van der Waals surface area contributed by atoms with Crippen molar-refractivity contribution in [2.45, 2.75) is 6.42 Å². The van der Waals surface area contributed by atoms with E-state index < -0.39 is 5.91 Å². The van der Waals surface area contributed by atoms with Crippen LogP contribution >= 0.6 is 23.8 Å². The zero-order valence-corrected chi connectivity index (χ0v) is 18.2. The summed E-state index contributed by atoms with van der Waals surface area (Å²) in [6.45, 7) is 0. The fourth-order valence-corrected chi connectivity index (χ4v) is 3.20. The molecule has 158 valence electrons. The summed E-state index contributed by atoms with van der Waals surface area (Å²) in [5.41, 5.74) is 2.53. The van der Waals surface area contributed by atoms with E-state index in [4.69, 9.17) is 28.6 Å². The van der Waals surface area contributed by atoms with E-state index >= 15 is 0 Å². The maximum absolute atomic E-state index is 12.5. The molecule has 0 atom stereocenters. The van der Waals surface area contributed by atoms with Crippen LogP contribution in [0.15, 0.2) is 72.8 Å². The van der Waals surface area contributed by atoms with Crippen LogP contribution in [0.3, 0.4) is 0 Å². The van der Waals surface area contributed by atoms with Crippen molar-refractivity contribution in [1.29, 1.82) is 0 Å². The van der Waals surface area contributed by atoms with Crippen molar-refractivity contribution in [1.82, 2.24) is 5.32 Å². The van der Waals surface area contributed by atoms with Gasteiger partial charge in [0.15, 0.2) is 5.11 Å². The number of carbonyl (C=O) groups is 2. The van der Waals surface area contributed by atoms with Crippen molar-refractivity contribution >= 4 is 52.1 Å². The lowest BCUT2D eigenvalue weighted by Gasteiger charge is -2.12. The maximum Gasteiger partial charge on any atom is 0.261 e. The molecule has 3 aromatic rings. The van der Waals surface area contributed by atoms with Gasteiger partial charge in [-0.25, -0.2) is 0 Å². The van der Waals surface area contributed by atoms with Crippen LogP contribution in [0.25, 0.3) is 0 Å². The number of carbonyl (C=O) groups excluding carboxylic acids is 2. The quantitative estimate of drug-likeness (QED) is 0.473. The summed E-state index contributed by atoms with van der Waals surface area (Å²) in [5.74, 6) is -0.160. The molecule has 0 bridgehead atoms. The molecule has 0 aliphatic rings. The summed E-state index contributed by atoms with van der Waals surface area (Å²) in [7, 11) is 1.47. The van der Waals surface area contributed by atoms with Crippen molar-refractivity contribution in [3.8, 4) is 5.75 Å². The number of methoxy groups -OCH3 is 1. The molecule has 0 spiro atoms. The molecule has 0 heterocycles. The molecule has 8 heteroatoms. The van der Waals surface area contributed by atoms with Crippen LogP contribution in [0.1, 0.15) is 15.9 Å². The molecular formula is C23H20ClN3O3S. The highest BCUT2D eigenvalue weighted by molar-refractivity contribution is 7.80. The van der Waals surface area contributed by atoms with Crippen LogP contribution in [-0.2, 0) is 11.2 Å². The molecule has 6 nitrogen and oxygen atoms in total. The summed E-state index contributed by atoms with van der Waals surface area (Å²) in [6, 6.07) is 21.2. The molecule has 0 aliphatic carbocycles. The van der Waals surface area contributed by atoms with Crippen LogP contribution in [-0.4, -0.2) is 24.0 Å². The minimum atomic E-state index is -0.443. The molecule has 0 saturated heterocycles. The van der Waals surface area contributed by atoms with E-state index in [9.17, 15) is 9.59 Å². The van der Waals surface area contributed by atoms with E-state index in [1.807, 2.05) is 30.3 Å². The lowest BCUT2D eigenvalue weighted by atomic mass is 10.1. The summed E-state index contributed by atoms with van der Waals surface area (Å²) >= 11 is 11.2. The molecule has 31 heavy (non-hydrogen) atoms.